The Labute approximate surface area is 94.6 Å². The van der Waals surface area contributed by atoms with Crippen molar-refractivity contribution in [2.45, 2.75) is 25.7 Å². The molecule has 15 heavy (non-hydrogen) atoms. The minimum Gasteiger partial charge on any atom is -0.325 e. The van der Waals surface area contributed by atoms with Crippen LogP contribution in [0.1, 0.15) is 29.9 Å². The predicted molar refractivity (Wildman–Crippen MR) is 62.5 cm³/mol. The Balaban J connectivity index is 2.14. The average molecular weight is 224 g/mol. The molecule has 0 aromatic heterocycles. The number of carbonyl (C=O) groups is 1. The Kier molecular flexibility index (Phi) is 2.96. The number of alkyl halides is 1. The largest absolute Gasteiger partial charge is 0.325 e. The molecule has 1 aromatic carbocycles. The van der Waals surface area contributed by atoms with Crippen LogP contribution in [0.2, 0.25) is 0 Å². The lowest BCUT2D eigenvalue weighted by Gasteiger charge is -2.08. The molecule has 1 aliphatic rings. The minimum absolute atomic E-state index is 0.00340. The van der Waals surface area contributed by atoms with Gasteiger partial charge in [-0.3, -0.25) is 4.79 Å². The summed E-state index contributed by atoms with van der Waals surface area (Å²) in [7, 11) is 0. The summed E-state index contributed by atoms with van der Waals surface area (Å²) < 4.78 is 0. The fraction of sp³-hybridized carbons (Fsp3) is 0.417. The van der Waals surface area contributed by atoms with Gasteiger partial charge in [-0.15, -0.1) is 11.6 Å². The van der Waals surface area contributed by atoms with E-state index in [0.29, 0.717) is 0 Å². The van der Waals surface area contributed by atoms with Gasteiger partial charge in [-0.2, -0.15) is 0 Å². The number of aryl methyl sites for hydroxylation is 1. The Morgan fingerprint density at radius 1 is 1.53 bits per heavy atom. The summed E-state index contributed by atoms with van der Waals surface area (Å²) in [5.41, 5.74) is 3.51. The van der Waals surface area contributed by atoms with Crippen LogP contribution in [-0.2, 0) is 4.79 Å². The molecule has 0 unspecified atom stereocenters. The number of benzene rings is 1. The Morgan fingerprint density at radius 2 is 2.27 bits per heavy atom. The van der Waals surface area contributed by atoms with Crippen molar-refractivity contribution < 1.29 is 4.79 Å². The summed E-state index contributed by atoms with van der Waals surface area (Å²) in [6.45, 7) is 2.09. The van der Waals surface area contributed by atoms with Crippen molar-refractivity contribution in [1.82, 2.24) is 0 Å². The third kappa shape index (κ3) is 2.51. The van der Waals surface area contributed by atoms with Crippen molar-refractivity contribution in [3.63, 3.8) is 0 Å². The maximum absolute atomic E-state index is 11.1. The second-order valence-electron chi connectivity index (χ2n) is 4.03. The van der Waals surface area contributed by atoms with Gasteiger partial charge in [0.15, 0.2) is 0 Å². The number of halogens is 1. The van der Waals surface area contributed by atoms with Crippen molar-refractivity contribution in [2.24, 2.45) is 0 Å². The zero-order chi connectivity index (χ0) is 10.8. The van der Waals surface area contributed by atoms with E-state index in [1.54, 1.807) is 0 Å². The first-order valence-electron chi connectivity index (χ1n) is 5.17. The minimum atomic E-state index is -0.157. The number of amides is 1. The van der Waals surface area contributed by atoms with Crippen molar-refractivity contribution >= 4 is 23.2 Å². The van der Waals surface area contributed by atoms with E-state index in [1.807, 2.05) is 12.1 Å². The molecule has 1 amide bonds. The second-order valence-corrected chi connectivity index (χ2v) is 4.29. The van der Waals surface area contributed by atoms with Crippen LogP contribution in [0.3, 0.4) is 0 Å². The van der Waals surface area contributed by atoms with E-state index in [2.05, 4.69) is 18.3 Å². The molecule has 1 aliphatic carbocycles. The van der Waals surface area contributed by atoms with Gasteiger partial charge in [0.2, 0.25) is 5.91 Å². The first kappa shape index (κ1) is 10.5. The lowest BCUT2D eigenvalue weighted by molar-refractivity contribution is -0.113. The molecule has 0 aliphatic heterocycles. The van der Waals surface area contributed by atoms with Gasteiger partial charge in [-0.25, -0.2) is 0 Å². The smallest absolute Gasteiger partial charge is 0.239 e. The van der Waals surface area contributed by atoms with Crippen LogP contribution in [0.5, 0.6) is 0 Å². The van der Waals surface area contributed by atoms with Crippen molar-refractivity contribution in [3.05, 3.63) is 29.3 Å². The van der Waals surface area contributed by atoms with Gasteiger partial charge in [0, 0.05) is 5.69 Å². The maximum atomic E-state index is 11.1. The first-order valence-corrected chi connectivity index (χ1v) is 5.70. The van der Waals surface area contributed by atoms with Crippen LogP contribution >= 0.6 is 11.6 Å². The van der Waals surface area contributed by atoms with Gasteiger partial charge >= 0.3 is 0 Å². The Bertz CT molecular complexity index is 385. The van der Waals surface area contributed by atoms with Crippen LogP contribution in [0.25, 0.3) is 0 Å². The fourth-order valence-corrected chi connectivity index (χ4v) is 1.87. The van der Waals surface area contributed by atoms with Gasteiger partial charge < -0.3 is 5.32 Å². The number of carbonyl (C=O) groups excluding carboxylic acids is 1. The molecule has 1 aromatic rings. The third-order valence-electron chi connectivity index (χ3n) is 2.69. The van der Waals surface area contributed by atoms with Gasteiger partial charge in [-0.1, -0.05) is 6.07 Å². The molecule has 1 fully saturated rings. The van der Waals surface area contributed by atoms with E-state index in [-0.39, 0.29) is 11.8 Å². The van der Waals surface area contributed by atoms with E-state index in [4.69, 9.17) is 11.6 Å². The highest BCUT2D eigenvalue weighted by atomic mass is 35.5. The number of hydrogen-bond acceptors (Lipinski definition) is 1. The normalized spacial score (nSPS) is 15.1. The lowest BCUT2D eigenvalue weighted by Crippen LogP contribution is -2.12. The Hall–Kier alpha value is -1.02. The molecule has 80 valence electrons. The second kappa shape index (κ2) is 4.23. The highest BCUT2D eigenvalue weighted by molar-refractivity contribution is 6.29. The van der Waals surface area contributed by atoms with E-state index >= 15 is 0 Å². The Morgan fingerprint density at radius 3 is 2.80 bits per heavy atom. The molecule has 2 nitrogen and oxygen atoms in total. The molecule has 0 atom stereocenters. The van der Waals surface area contributed by atoms with E-state index in [9.17, 15) is 4.79 Å². The highest BCUT2D eigenvalue weighted by Gasteiger charge is 2.24. The molecular weight excluding hydrogens is 210 g/mol. The lowest BCUT2D eigenvalue weighted by atomic mass is 10.0. The summed E-state index contributed by atoms with van der Waals surface area (Å²) in [4.78, 5) is 11.1. The molecule has 0 saturated heterocycles. The zero-order valence-electron chi connectivity index (χ0n) is 8.72. The van der Waals surface area contributed by atoms with Crippen LogP contribution in [-0.4, -0.2) is 11.8 Å². The van der Waals surface area contributed by atoms with Crippen LogP contribution < -0.4 is 5.32 Å². The highest BCUT2D eigenvalue weighted by Crippen LogP contribution is 2.41. The van der Waals surface area contributed by atoms with Crippen LogP contribution in [0, 0.1) is 6.92 Å². The average Bonchev–Trinajstić information content (AvgIpc) is 3.01. The monoisotopic (exact) mass is 223 g/mol. The molecule has 1 N–H and O–H groups in total. The number of anilines is 1. The van der Waals surface area contributed by atoms with Gasteiger partial charge in [-0.05, 0) is 48.9 Å². The molecule has 0 radical (unpaired) electrons. The SMILES string of the molecule is Cc1cc(NC(=O)CCl)ccc1C1CC1. The number of rotatable bonds is 3. The van der Waals surface area contributed by atoms with Crippen LogP contribution in [0.15, 0.2) is 18.2 Å². The van der Waals surface area contributed by atoms with Crippen molar-refractivity contribution in [2.75, 3.05) is 11.2 Å². The third-order valence-corrected chi connectivity index (χ3v) is 2.93. The predicted octanol–water partition coefficient (Wildman–Crippen LogP) is 3.05. The first-order chi connectivity index (χ1) is 7.20. The summed E-state index contributed by atoms with van der Waals surface area (Å²) in [6, 6.07) is 6.07. The maximum Gasteiger partial charge on any atom is 0.239 e. The molecule has 0 heterocycles. The van der Waals surface area contributed by atoms with Crippen LogP contribution in [0.4, 0.5) is 5.69 Å². The fourth-order valence-electron chi connectivity index (χ4n) is 1.80. The van der Waals surface area contributed by atoms with E-state index in [0.717, 1.165) is 11.6 Å². The molecule has 1 saturated carbocycles. The van der Waals surface area contributed by atoms with Gasteiger partial charge in [0.25, 0.3) is 0 Å². The van der Waals surface area contributed by atoms with Gasteiger partial charge in [0.05, 0.1) is 0 Å². The standard InChI is InChI=1S/C12H14ClNO/c1-8-6-10(14-12(15)7-13)4-5-11(8)9-2-3-9/h4-6,9H,2-3,7H2,1H3,(H,14,15). The van der Waals surface area contributed by atoms with Crippen molar-refractivity contribution in [3.8, 4) is 0 Å². The topological polar surface area (TPSA) is 29.1 Å². The number of nitrogens with one attached hydrogen (secondary N) is 1. The summed E-state index contributed by atoms with van der Waals surface area (Å²) >= 11 is 5.42. The summed E-state index contributed by atoms with van der Waals surface area (Å²) in [6.07, 6.45) is 2.60. The van der Waals surface area contributed by atoms with E-state index < -0.39 is 0 Å². The molecule has 0 spiro atoms. The number of hydrogen-bond donors (Lipinski definition) is 1. The molecular formula is C12H14ClNO. The summed E-state index contributed by atoms with van der Waals surface area (Å²) in [5, 5.41) is 2.75. The van der Waals surface area contributed by atoms with E-state index in [1.165, 1.54) is 24.0 Å². The quantitative estimate of drug-likeness (QED) is 0.785. The molecule has 0 bridgehead atoms. The zero-order valence-corrected chi connectivity index (χ0v) is 9.47. The summed E-state index contributed by atoms with van der Waals surface area (Å²) in [5.74, 6) is 0.599. The van der Waals surface area contributed by atoms with Crippen molar-refractivity contribution in [1.29, 1.82) is 0 Å². The molecule has 2 rings (SSSR count). The molecule has 3 heteroatoms. The van der Waals surface area contributed by atoms with Gasteiger partial charge in [0.1, 0.15) is 5.88 Å².